The van der Waals surface area contributed by atoms with E-state index in [0.717, 1.165) is 38.5 Å². The molecule has 4 N–H and O–H groups in total. The number of aliphatic hydroxyl groups is 2. The number of carbonyl (C=O) groups is 4. The van der Waals surface area contributed by atoms with Crippen LogP contribution in [0.25, 0.3) is 0 Å². The average molecular weight is 671 g/mol. The zero-order valence-electron chi connectivity index (χ0n) is 28.4. The fourth-order valence-corrected chi connectivity index (χ4v) is 5.70. The Morgan fingerprint density at radius 2 is 0.889 bits per heavy atom. The van der Waals surface area contributed by atoms with Crippen LogP contribution in [-0.4, -0.2) is 155 Å². The first-order valence-electron chi connectivity index (χ1n) is 15.7. The van der Waals surface area contributed by atoms with E-state index in [1.807, 2.05) is 26.0 Å². The third-order valence-electron chi connectivity index (χ3n) is 8.88. The molecule has 6 atom stereocenters. The van der Waals surface area contributed by atoms with Gasteiger partial charge in [-0.3, -0.25) is 0 Å². The predicted octanol–water partition coefficient (Wildman–Crippen LogP) is 0.706. The number of rotatable bonds is 24. The van der Waals surface area contributed by atoms with Gasteiger partial charge in [0.05, 0.1) is 38.2 Å². The van der Waals surface area contributed by atoms with Crippen LogP contribution < -0.4 is 10.2 Å². The van der Waals surface area contributed by atoms with E-state index in [1.165, 1.54) is 27.7 Å². The molecule has 0 aliphatic rings. The number of hydrogen-bond acceptors (Lipinski definition) is 8. The van der Waals surface area contributed by atoms with Gasteiger partial charge in [0.15, 0.2) is 12.1 Å². The van der Waals surface area contributed by atoms with Crippen LogP contribution in [0.15, 0.2) is 24.3 Å². The SMILES string of the molecule is C/C=C/CCCCC[N+](CCO)(C(C)C(=O)[O-])C(C)C(=O)O.C/C=C/CCCCC[N+](CCO)(C(C)C(=O)[O-])C(C)C(=O)O.[Ca+2]. The third kappa shape index (κ3) is 16.7. The molecular formula is C32H58CaN2O10+2. The molecule has 256 valence electrons. The summed E-state index contributed by atoms with van der Waals surface area (Å²) >= 11 is 0. The van der Waals surface area contributed by atoms with Crippen molar-refractivity contribution in [2.45, 2.75) is 117 Å². The first-order chi connectivity index (χ1) is 20.7. The molecule has 0 bridgehead atoms. The van der Waals surface area contributed by atoms with Gasteiger partial charge in [0.1, 0.15) is 25.2 Å². The van der Waals surface area contributed by atoms with Crippen molar-refractivity contribution in [3.8, 4) is 0 Å². The first kappa shape index (κ1) is 47.9. The number of aliphatic carboxylic acids is 4. The van der Waals surface area contributed by atoms with E-state index in [2.05, 4.69) is 12.2 Å². The molecule has 0 rings (SSSR count). The van der Waals surface area contributed by atoms with E-state index in [-0.39, 0.29) is 73.0 Å². The second kappa shape index (κ2) is 26.5. The second-order valence-corrected chi connectivity index (χ2v) is 11.4. The van der Waals surface area contributed by atoms with Crippen LogP contribution in [0.3, 0.4) is 0 Å². The van der Waals surface area contributed by atoms with Crippen molar-refractivity contribution in [2.75, 3.05) is 39.4 Å². The monoisotopic (exact) mass is 670 g/mol. The number of carboxylic acids is 4. The van der Waals surface area contributed by atoms with Gasteiger partial charge in [-0.25, -0.2) is 9.59 Å². The number of unbranched alkanes of at least 4 members (excludes halogenated alkanes) is 6. The molecule has 6 unspecified atom stereocenters. The number of quaternary nitrogens is 2. The summed E-state index contributed by atoms with van der Waals surface area (Å²) in [5, 5.41) is 59.9. The van der Waals surface area contributed by atoms with E-state index in [4.69, 9.17) is 0 Å². The summed E-state index contributed by atoms with van der Waals surface area (Å²) in [6, 6.07) is -3.77. The van der Waals surface area contributed by atoms with Crippen molar-refractivity contribution in [2.24, 2.45) is 0 Å². The summed E-state index contributed by atoms with van der Waals surface area (Å²) in [6.45, 7) is 10.3. The van der Waals surface area contributed by atoms with E-state index >= 15 is 0 Å². The van der Waals surface area contributed by atoms with E-state index < -0.39 is 48.0 Å². The van der Waals surface area contributed by atoms with Gasteiger partial charge in [0, 0.05) is 0 Å². The first-order valence-corrected chi connectivity index (χ1v) is 15.7. The van der Waals surface area contributed by atoms with Crippen molar-refractivity contribution >= 4 is 61.6 Å². The van der Waals surface area contributed by atoms with E-state index in [1.54, 1.807) is 0 Å². The van der Waals surface area contributed by atoms with Gasteiger partial charge >= 0.3 is 49.7 Å². The normalized spacial score (nSPS) is 16.7. The molecule has 0 radical (unpaired) electrons. The smallest absolute Gasteiger partial charge is 0.544 e. The molecule has 0 aromatic heterocycles. The van der Waals surface area contributed by atoms with Crippen molar-refractivity contribution < 1.29 is 58.8 Å². The van der Waals surface area contributed by atoms with E-state index in [0.29, 0.717) is 25.9 Å². The molecule has 12 nitrogen and oxygen atoms in total. The van der Waals surface area contributed by atoms with Crippen molar-refractivity contribution in [1.29, 1.82) is 0 Å². The van der Waals surface area contributed by atoms with Gasteiger partial charge in [-0.1, -0.05) is 24.3 Å². The number of nitrogens with zero attached hydrogens (tertiary/aromatic N) is 2. The quantitative estimate of drug-likeness (QED) is 0.0492. The molecule has 0 aliphatic heterocycles. The topological polar surface area (TPSA) is 195 Å². The fraction of sp³-hybridized carbons (Fsp3) is 0.750. The summed E-state index contributed by atoms with van der Waals surface area (Å²) in [5.41, 5.74) is 0. The average Bonchev–Trinajstić information content (AvgIpc) is 2.98. The van der Waals surface area contributed by atoms with Crippen LogP contribution in [0, 0.1) is 0 Å². The number of allylic oxidation sites excluding steroid dienone is 4. The number of hydrogen-bond donors (Lipinski definition) is 4. The van der Waals surface area contributed by atoms with Crippen LogP contribution in [0.5, 0.6) is 0 Å². The molecule has 0 aromatic carbocycles. The molecule has 0 aromatic rings. The maximum absolute atomic E-state index is 11.4. The van der Waals surface area contributed by atoms with Crippen molar-refractivity contribution in [3.05, 3.63) is 24.3 Å². The number of carbonyl (C=O) groups excluding carboxylic acids is 2. The van der Waals surface area contributed by atoms with Crippen LogP contribution in [0.2, 0.25) is 0 Å². The maximum atomic E-state index is 11.4. The Morgan fingerprint density at radius 3 is 1.11 bits per heavy atom. The summed E-state index contributed by atoms with van der Waals surface area (Å²) in [5.74, 6) is -4.68. The van der Waals surface area contributed by atoms with Gasteiger partial charge in [-0.2, -0.15) is 0 Å². The fourth-order valence-electron chi connectivity index (χ4n) is 5.70. The molecule has 0 saturated carbocycles. The third-order valence-corrected chi connectivity index (χ3v) is 8.88. The summed E-state index contributed by atoms with van der Waals surface area (Å²) < 4.78 is -0.366. The molecule has 0 heterocycles. The maximum Gasteiger partial charge on any atom is 2.00 e. The zero-order valence-corrected chi connectivity index (χ0v) is 30.6. The Morgan fingerprint density at radius 1 is 0.578 bits per heavy atom. The Balaban J connectivity index is -0.000000767. The van der Waals surface area contributed by atoms with Crippen LogP contribution in [0.1, 0.15) is 92.9 Å². The largest absolute Gasteiger partial charge is 2.00 e. The molecule has 0 amide bonds. The molecule has 0 fully saturated rings. The van der Waals surface area contributed by atoms with Crippen molar-refractivity contribution in [3.63, 3.8) is 0 Å². The van der Waals surface area contributed by atoms with Gasteiger partial charge in [-0.05, 0) is 92.9 Å². The number of carboxylic acid groups (broad SMARTS) is 4. The minimum atomic E-state index is -1.28. The van der Waals surface area contributed by atoms with E-state index in [9.17, 15) is 49.8 Å². The van der Waals surface area contributed by atoms with Gasteiger partial charge in [-0.15, -0.1) is 0 Å². The summed E-state index contributed by atoms with van der Waals surface area (Å²) in [7, 11) is 0. The van der Waals surface area contributed by atoms with Gasteiger partial charge in [0.25, 0.3) is 0 Å². The van der Waals surface area contributed by atoms with Crippen LogP contribution in [-0.2, 0) is 19.2 Å². The molecule has 13 heteroatoms. The second-order valence-electron chi connectivity index (χ2n) is 11.4. The predicted molar refractivity (Wildman–Crippen MR) is 170 cm³/mol. The minimum Gasteiger partial charge on any atom is -0.544 e. The molecule has 45 heavy (non-hydrogen) atoms. The Labute approximate surface area is 299 Å². The molecule has 0 aliphatic carbocycles. The molecule has 0 spiro atoms. The van der Waals surface area contributed by atoms with Gasteiger partial charge in [0.2, 0.25) is 0 Å². The summed E-state index contributed by atoms with van der Waals surface area (Å²) in [4.78, 5) is 45.4. The Kier molecular flexibility index (Phi) is 28.2. The standard InChI is InChI=1S/2C16H29NO5.Ca/c2*1-4-5-6-7-8-9-10-17(11-12-18,13(2)15(19)20)14(3)16(21)22;/h2*4-5,13-14,18H,6-12H2,1-3H3,(H-,19,20,21,22);/q;;+2/b2*5-4+;. The van der Waals surface area contributed by atoms with Crippen molar-refractivity contribution in [1.82, 2.24) is 0 Å². The number of aliphatic hydroxyl groups excluding tert-OH is 2. The van der Waals surface area contributed by atoms with Crippen LogP contribution in [0.4, 0.5) is 0 Å². The zero-order chi connectivity index (χ0) is 34.3. The summed E-state index contributed by atoms with van der Waals surface area (Å²) in [6.07, 6.45) is 15.2. The molecule has 0 saturated heterocycles. The Hall–Kier alpha value is -1.54. The van der Waals surface area contributed by atoms with Crippen LogP contribution >= 0.6 is 0 Å². The minimum absolute atomic E-state index is 0. The molecular weight excluding hydrogens is 612 g/mol. The van der Waals surface area contributed by atoms with Gasteiger partial charge < -0.3 is 49.2 Å². The Bertz CT molecular complexity index is 800.